The van der Waals surface area contributed by atoms with E-state index in [9.17, 15) is 0 Å². The maximum atomic E-state index is 5.62. The molecule has 1 aromatic heterocycles. The summed E-state index contributed by atoms with van der Waals surface area (Å²) in [5.74, 6) is 0.580. The van der Waals surface area contributed by atoms with Crippen LogP contribution in [0.3, 0.4) is 0 Å². The second kappa shape index (κ2) is 5.56. The Morgan fingerprint density at radius 3 is 2.79 bits per heavy atom. The van der Waals surface area contributed by atoms with Crippen LogP contribution in [0.25, 0.3) is 11.5 Å². The minimum atomic E-state index is 0.449. The summed E-state index contributed by atoms with van der Waals surface area (Å²) in [6.45, 7) is 3.19. The molecule has 6 heteroatoms. The molecule has 3 rings (SSSR count). The highest BCUT2D eigenvalue weighted by atomic mass is 79.9. The first-order valence-electron chi connectivity index (χ1n) is 6.40. The van der Waals surface area contributed by atoms with E-state index in [0.29, 0.717) is 10.7 Å². The van der Waals surface area contributed by atoms with Gasteiger partial charge in [0.05, 0.1) is 18.7 Å². The molecule has 1 aromatic carbocycles. The molecule has 19 heavy (non-hydrogen) atoms. The third-order valence-corrected chi connectivity index (χ3v) is 4.38. The molecule has 0 saturated carbocycles. The number of aromatic nitrogens is 2. The Morgan fingerprint density at radius 1 is 1.32 bits per heavy atom. The Balaban J connectivity index is 1.89. The molecular weight excluding hydrogens is 326 g/mol. The zero-order valence-corrected chi connectivity index (χ0v) is 12.8. The molecule has 0 bridgehead atoms. The van der Waals surface area contributed by atoms with Gasteiger partial charge in [-0.1, -0.05) is 12.1 Å². The Kier molecular flexibility index (Phi) is 3.81. The molecule has 1 saturated heterocycles. The lowest BCUT2D eigenvalue weighted by atomic mass is 10.2. The molecule has 100 valence electrons. The van der Waals surface area contributed by atoms with Gasteiger partial charge in [-0.3, -0.25) is 0 Å². The van der Waals surface area contributed by atoms with Gasteiger partial charge in [0.1, 0.15) is 0 Å². The zero-order chi connectivity index (χ0) is 13.2. The highest BCUT2D eigenvalue weighted by Gasteiger charge is 2.18. The summed E-state index contributed by atoms with van der Waals surface area (Å²) in [7, 11) is 0. The van der Waals surface area contributed by atoms with Crippen LogP contribution in [0.5, 0.6) is 0 Å². The summed E-state index contributed by atoms with van der Waals surface area (Å²) in [5, 5.41) is 4.50. The average molecular weight is 341 g/mol. The van der Waals surface area contributed by atoms with Crippen molar-refractivity contribution in [2.24, 2.45) is 0 Å². The normalized spacial score (nSPS) is 16.1. The van der Waals surface area contributed by atoms with Crippen molar-refractivity contribution in [3.05, 3.63) is 33.6 Å². The monoisotopic (exact) mass is 340 g/mol. The molecule has 1 aliphatic rings. The van der Waals surface area contributed by atoms with Crippen molar-refractivity contribution in [1.29, 1.82) is 0 Å². The van der Waals surface area contributed by atoms with E-state index in [1.54, 1.807) is 4.68 Å². The second-order valence-electron chi connectivity index (χ2n) is 4.77. The van der Waals surface area contributed by atoms with E-state index in [4.69, 9.17) is 16.6 Å². The molecule has 2 aromatic rings. The van der Waals surface area contributed by atoms with Crippen molar-refractivity contribution in [2.45, 2.75) is 19.5 Å². The summed E-state index contributed by atoms with van der Waals surface area (Å²) >= 11 is 8.76. The van der Waals surface area contributed by atoms with Gasteiger partial charge in [-0.2, -0.15) is 4.68 Å². The van der Waals surface area contributed by atoms with Crippen LogP contribution in [-0.2, 0) is 6.67 Å². The molecule has 0 spiro atoms. The van der Waals surface area contributed by atoms with Gasteiger partial charge in [0.2, 0.25) is 5.89 Å². The highest BCUT2D eigenvalue weighted by Crippen LogP contribution is 2.26. The van der Waals surface area contributed by atoms with Crippen LogP contribution >= 0.6 is 28.1 Å². The van der Waals surface area contributed by atoms with Gasteiger partial charge in [0.25, 0.3) is 4.84 Å². The van der Waals surface area contributed by atoms with Crippen LogP contribution in [0, 0.1) is 4.84 Å². The average Bonchev–Trinajstić information content (AvgIpc) is 3.02. The van der Waals surface area contributed by atoms with E-state index in [0.717, 1.165) is 16.7 Å². The van der Waals surface area contributed by atoms with Crippen LogP contribution in [0.1, 0.15) is 12.8 Å². The molecule has 0 unspecified atom stereocenters. The first-order valence-corrected chi connectivity index (χ1v) is 7.60. The Hall–Kier alpha value is -0.980. The predicted octanol–water partition coefficient (Wildman–Crippen LogP) is 2.27. The largest absolute Gasteiger partial charge is 0.409 e. The van der Waals surface area contributed by atoms with Gasteiger partial charge in [-0.25, -0.2) is 0 Å². The smallest absolute Gasteiger partial charge is 0.292 e. The van der Waals surface area contributed by atoms with Gasteiger partial charge in [0, 0.05) is 17.3 Å². The predicted molar refractivity (Wildman–Crippen MR) is 78.4 cm³/mol. The van der Waals surface area contributed by atoms with Crippen molar-refractivity contribution in [3.8, 4) is 11.5 Å². The lowest BCUT2D eigenvalue weighted by molar-refractivity contribution is -0.911. The molecule has 4 nitrogen and oxygen atoms in total. The molecule has 0 aliphatic carbocycles. The summed E-state index contributed by atoms with van der Waals surface area (Å²) in [5.41, 5.74) is 0.934. The summed E-state index contributed by atoms with van der Waals surface area (Å²) in [4.78, 5) is 1.97. The fourth-order valence-corrected chi connectivity index (χ4v) is 3.03. The molecule has 1 fully saturated rings. The first kappa shape index (κ1) is 13.0. The maximum absolute atomic E-state index is 5.62. The van der Waals surface area contributed by atoms with E-state index < -0.39 is 0 Å². The lowest BCUT2D eigenvalue weighted by Crippen LogP contribution is -3.09. The third kappa shape index (κ3) is 2.80. The number of nitrogens with zero attached hydrogens (tertiary/aromatic N) is 2. The number of benzene rings is 1. The van der Waals surface area contributed by atoms with Crippen molar-refractivity contribution in [3.63, 3.8) is 0 Å². The Morgan fingerprint density at radius 2 is 2.05 bits per heavy atom. The SMILES string of the molecule is S=c1oc(-c2ccccc2Br)nn1C[NH+]1CCCC1. The Labute approximate surface area is 125 Å². The number of quaternary nitrogens is 1. The summed E-state index contributed by atoms with van der Waals surface area (Å²) in [6, 6.07) is 7.87. The molecule has 0 amide bonds. The van der Waals surface area contributed by atoms with E-state index in [1.165, 1.54) is 30.8 Å². The standard InChI is InChI=1S/C13H14BrN3OS/c14-11-6-2-1-5-10(11)12-15-17(13(19)18-12)9-16-7-3-4-8-16/h1-2,5-6H,3-4,7-9H2/p+1. The molecule has 1 N–H and O–H groups in total. The number of nitrogens with one attached hydrogen (secondary N) is 1. The molecular formula is C13H15BrN3OS+. The van der Waals surface area contributed by atoms with Crippen molar-refractivity contribution >= 4 is 28.1 Å². The summed E-state index contributed by atoms with van der Waals surface area (Å²) in [6.07, 6.45) is 2.58. The van der Waals surface area contributed by atoms with Crippen molar-refractivity contribution in [2.75, 3.05) is 13.1 Å². The molecule has 0 atom stereocenters. The topological polar surface area (TPSA) is 35.4 Å². The fraction of sp³-hybridized carbons (Fsp3) is 0.385. The third-order valence-electron chi connectivity index (χ3n) is 3.39. The van der Waals surface area contributed by atoms with Gasteiger partial charge >= 0.3 is 0 Å². The number of halogens is 1. The van der Waals surface area contributed by atoms with E-state index in [2.05, 4.69) is 21.0 Å². The molecule has 0 radical (unpaired) electrons. The zero-order valence-electron chi connectivity index (χ0n) is 10.4. The number of likely N-dealkylation sites (tertiary alicyclic amines) is 1. The van der Waals surface area contributed by atoms with E-state index in [-0.39, 0.29) is 0 Å². The number of hydrogen-bond acceptors (Lipinski definition) is 3. The summed E-state index contributed by atoms with van der Waals surface area (Å²) < 4.78 is 8.38. The Bertz CT molecular complexity index is 631. The van der Waals surface area contributed by atoms with Crippen LogP contribution in [0.2, 0.25) is 0 Å². The number of rotatable bonds is 3. The van der Waals surface area contributed by atoms with Crippen molar-refractivity contribution in [1.82, 2.24) is 9.78 Å². The lowest BCUT2D eigenvalue weighted by Gasteiger charge is -2.10. The maximum Gasteiger partial charge on any atom is 0.292 e. The van der Waals surface area contributed by atoms with Gasteiger partial charge in [0.15, 0.2) is 6.67 Å². The second-order valence-corrected chi connectivity index (χ2v) is 5.97. The molecule has 2 heterocycles. The number of hydrogen-bond donors (Lipinski definition) is 1. The van der Waals surface area contributed by atoms with Crippen LogP contribution < -0.4 is 4.90 Å². The van der Waals surface area contributed by atoms with Gasteiger partial charge in [-0.05, 0) is 40.3 Å². The van der Waals surface area contributed by atoms with E-state index in [1.807, 2.05) is 24.3 Å². The van der Waals surface area contributed by atoms with Crippen LogP contribution in [0.15, 0.2) is 33.2 Å². The quantitative estimate of drug-likeness (QED) is 0.870. The van der Waals surface area contributed by atoms with Crippen molar-refractivity contribution < 1.29 is 9.32 Å². The first-order chi connectivity index (χ1) is 9.24. The van der Waals surface area contributed by atoms with Gasteiger partial charge in [-0.15, -0.1) is 5.10 Å². The minimum Gasteiger partial charge on any atom is -0.409 e. The van der Waals surface area contributed by atoms with Crippen LogP contribution in [0.4, 0.5) is 0 Å². The minimum absolute atomic E-state index is 0.449. The molecule has 1 aliphatic heterocycles. The van der Waals surface area contributed by atoms with E-state index >= 15 is 0 Å². The van der Waals surface area contributed by atoms with Crippen LogP contribution in [-0.4, -0.2) is 22.9 Å². The fourth-order valence-electron chi connectivity index (χ4n) is 2.39. The van der Waals surface area contributed by atoms with Gasteiger partial charge < -0.3 is 9.32 Å². The highest BCUT2D eigenvalue weighted by molar-refractivity contribution is 9.10.